The van der Waals surface area contributed by atoms with Gasteiger partial charge in [0.1, 0.15) is 0 Å². The van der Waals surface area contributed by atoms with E-state index < -0.39 is 5.97 Å². The number of carbonyl (C=O) groups is 3. The van der Waals surface area contributed by atoms with E-state index in [1.54, 1.807) is 31.2 Å². The van der Waals surface area contributed by atoms with Gasteiger partial charge in [-0.25, -0.2) is 9.69 Å². The predicted octanol–water partition coefficient (Wildman–Crippen LogP) is 3.12. The fraction of sp³-hybridized carbons (Fsp3) is 0.381. The van der Waals surface area contributed by atoms with E-state index in [0.29, 0.717) is 5.69 Å². The summed E-state index contributed by atoms with van der Waals surface area (Å²) in [6.07, 6.45) is 4.11. The van der Waals surface area contributed by atoms with E-state index in [1.807, 2.05) is 13.8 Å². The molecule has 5 nitrogen and oxygen atoms in total. The molecule has 0 spiro atoms. The lowest BCUT2D eigenvalue weighted by Gasteiger charge is -2.21. The highest BCUT2D eigenvalue weighted by molar-refractivity contribution is 6.25. The molecule has 1 saturated carbocycles. The summed E-state index contributed by atoms with van der Waals surface area (Å²) in [5.74, 6) is -1.70. The Morgan fingerprint density at radius 2 is 1.62 bits per heavy atom. The molecule has 1 heterocycles. The first kappa shape index (κ1) is 16.8. The van der Waals surface area contributed by atoms with Crippen LogP contribution in [0.25, 0.3) is 0 Å². The van der Waals surface area contributed by atoms with Gasteiger partial charge < -0.3 is 4.74 Å². The summed E-state index contributed by atoms with van der Waals surface area (Å²) in [7, 11) is 0. The smallest absolute Gasteiger partial charge is 0.340 e. The number of anilines is 1. The summed E-state index contributed by atoms with van der Waals surface area (Å²) in [5, 5.41) is 0. The van der Waals surface area contributed by atoms with Crippen molar-refractivity contribution in [2.75, 3.05) is 11.5 Å². The van der Waals surface area contributed by atoms with Crippen LogP contribution in [0.1, 0.15) is 31.1 Å². The molecule has 1 saturated heterocycles. The molecule has 5 heteroatoms. The van der Waals surface area contributed by atoms with Crippen LogP contribution in [0, 0.1) is 23.7 Å². The number of hydrogen-bond donors (Lipinski definition) is 0. The molecule has 1 aromatic rings. The van der Waals surface area contributed by atoms with E-state index in [4.69, 9.17) is 4.74 Å². The third kappa shape index (κ3) is 2.13. The maximum absolute atomic E-state index is 13.2. The zero-order valence-corrected chi connectivity index (χ0v) is 15.1. The van der Waals surface area contributed by atoms with Crippen molar-refractivity contribution in [2.45, 2.75) is 20.8 Å². The summed E-state index contributed by atoms with van der Waals surface area (Å²) in [6.45, 7) is 6.03. The summed E-state index contributed by atoms with van der Waals surface area (Å²) >= 11 is 0. The van der Waals surface area contributed by atoms with Gasteiger partial charge in [-0.15, -0.1) is 0 Å². The van der Waals surface area contributed by atoms with Gasteiger partial charge in [-0.3, -0.25) is 9.59 Å². The number of carbonyl (C=O) groups excluding carboxylic acids is 3. The second-order valence-corrected chi connectivity index (χ2v) is 7.19. The number of esters is 1. The lowest BCUT2D eigenvalue weighted by Crippen LogP contribution is -2.34. The Labute approximate surface area is 152 Å². The number of ether oxygens (including phenoxy) is 1. The highest BCUT2D eigenvalue weighted by Crippen LogP contribution is 2.57. The third-order valence-electron chi connectivity index (χ3n) is 5.63. The van der Waals surface area contributed by atoms with E-state index in [2.05, 4.69) is 12.2 Å². The van der Waals surface area contributed by atoms with Gasteiger partial charge in [-0.05, 0) is 32.9 Å². The standard InChI is InChI=1S/C21H21NO4/c1-4-26-21(25)12-7-5-6-8-15(12)22-19(23)17-13-9-10-14(16(13)11(2)3)18(17)20(22)24/h5-10,13-14,17-18H,4H2,1-3H3/t13-,14-,17-,18-/m0/s1. The molecular weight excluding hydrogens is 330 g/mol. The molecule has 0 N–H and O–H groups in total. The number of amides is 2. The number of imide groups is 1. The van der Waals surface area contributed by atoms with Crippen LogP contribution < -0.4 is 4.90 Å². The Bertz CT molecular complexity index is 844. The first-order valence-electron chi connectivity index (χ1n) is 8.97. The van der Waals surface area contributed by atoms with Gasteiger partial charge in [-0.1, -0.05) is 35.4 Å². The first-order valence-corrected chi connectivity index (χ1v) is 8.97. The topological polar surface area (TPSA) is 63.7 Å². The van der Waals surface area contributed by atoms with Crippen LogP contribution >= 0.6 is 0 Å². The molecule has 134 valence electrons. The Morgan fingerprint density at radius 3 is 2.15 bits per heavy atom. The minimum absolute atomic E-state index is 0.00814. The van der Waals surface area contributed by atoms with E-state index in [1.165, 1.54) is 16.0 Å². The molecular formula is C21H21NO4. The van der Waals surface area contributed by atoms with Gasteiger partial charge in [0.2, 0.25) is 11.8 Å². The van der Waals surface area contributed by atoms with Crippen LogP contribution in [0.2, 0.25) is 0 Å². The normalized spacial score (nSPS) is 28.7. The van der Waals surface area contributed by atoms with Crippen LogP contribution in [0.15, 0.2) is 47.6 Å². The zero-order chi connectivity index (χ0) is 18.6. The molecule has 2 aliphatic carbocycles. The molecule has 2 amide bonds. The third-order valence-corrected chi connectivity index (χ3v) is 5.63. The largest absolute Gasteiger partial charge is 0.462 e. The SMILES string of the molecule is CCOC(=O)c1ccccc1N1C(=O)[C@@H]2[C@@H](C1=O)[C@H]1C=C[C@H]2C1=C(C)C. The number of benzene rings is 1. The van der Waals surface area contributed by atoms with E-state index >= 15 is 0 Å². The number of nitrogens with zero attached hydrogens (tertiary/aromatic N) is 1. The fourth-order valence-electron chi connectivity index (χ4n) is 4.72. The van der Waals surface area contributed by atoms with Crippen molar-refractivity contribution in [3.05, 3.63) is 53.1 Å². The average Bonchev–Trinajstić information content (AvgIpc) is 3.25. The van der Waals surface area contributed by atoms with Gasteiger partial charge in [0.15, 0.2) is 0 Å². The Balaban J connectivity index is 1.75. The van der Waals surface area contributed by atoms with E-state index in [0.717, 1.165) is 0 Å². The number of rotatable bonds is 3. The molecule has 2 fully saturated rings. The van der Waals surface area contributed by atoms with E-state index in [-0.39, 0.29) is 47.7 Å². The van der Waals surface area contributed by atoms with Gasteiger partial charge in [0.05, 0.1) is 29.7 Å². The average molecular weight is 351 g/mol. The lowest BCUT2D eigenvalue weighted by atomic mass is 9.85. The van der Waals surface area contributed by atoms with Crippen LogP contribution in [-0.2, 0) is 14.3 Å². The zero-order valence-electron chi connectivity index (χ0n) is 15.1. The van der Waals surface area contributed by atoms with Crippen molar-refractivity contribution in [1.29, 1.82) is 0 Å². The molecule has 2 bridgehead atoms. The van der Waals surface area contributed by atoms with E-state index in [9.17, 15) is 14.4 Å². The number of allylic oxidation sites excluding steroid dienone is 4. The molecule has 0 radical (unpaired) electrons. The molecule has 4 atom stereocenters. The Hall–Kier alpha value is -2.69. The van der Waals surface area contributed by atoms with Crippen LogP contribution in [0.5, 0.6) is 0 Å². The maximum atomic E-state index is 13.2. The van der Waals surface area contributed by atoms with Crippen LogP contribution in [0.4, 0.5) is 5.69 Å². The summed E-state index contributed by atoms with van der Waals surface area (Å²) < 4.78 is 5.09. The lowest BCUT2D eigenvalue weighted by molar-refractivity contribution is -0.122. The monoisotopic (exact) mass is 351 g/mol. The van der Waals surface area contributed by atoms with Crippen molar-refractivity contribution in [1.82, 2.24) is 0 Å². The second-order valence-electron chi connectivity index (χ2n) is 7.19. The molecule has 4 rings (SSSR count). The van der Waals surface area contributed by atoms with Crippen molar-refractivity contribution in [3.8, 4) is 0 Å². The number of hydrogen-bond acceptors (Lipinski definition) is 4. The second kappa shape index (κ2) is 5.94. The molecule has 3 aliphatic rings. The minimum atomic E-state index is -0.521. The molecule has 1 aliphatic heterocycles. The highest BCUT2D eigenvalue weighted by Gasteiger charge is 2.62. The van der Waals surface area contributed by atoms with Gasteiger partial charge in [-0.2, -0.15) is 0 Å². The number of para-hydroxylation sites is 1. The molecule has 26 heavy (non-hydrogen) atoms. The summed E-state index contributed by atoms with van der Waals surface area (Å²) in [4.78, 5) is 39.8. The van der Waals surface area contributed by atoms with Crippen molar-refractivity contribution in [3.63, 3.8) is 0 Å². The fourth-order valence-corrected chi connectivity index (χ4v) is 4.72. The van der Waals surface area contributed by atoms with Crippen molar-refractivity contribution >= 4 is 23.5 Å². The van der Waals surface area contributed by atoms with Gasteiger partial charge >= 0.3 is 5.97 Å². The minimum Gasteiger partial charge on any atom is -0.462 e. The van der Waals surface area contributed by atoms with Gasteiger partial charge in [0.25, 0.3) is 0 Å². The number of fused-ring (bicyclic) bond motifs is 5. The van der Waals surface area contributed by atoms with Gasteiger partial charge in [0, 0.05) is 11.8 Å². The van der Waals surface area contributed by atoms with Crippen LogP contribution in [-0.4, -0.2) is 24.4 Å². The highest BCUT2D eigenvalue weighted by atomic mass is 16.5. The van der Waals surface area contributed by atoms with Crippen molar-refractivity contribution in [2.24, 2.45) is 23.7 Å². The molecule has 0 unspecified atom stereocenters. The van der Waals surface area contributed by atoms with Crippen LogP contribution in [0.3, 0.4) is 0 Å². The molecule has 0 aromatic heterocycles. The van der Waals surface area contributed by atoms with Crippen molar-refractivity contribution < 1.29 is 19.1 Å². The summed E-state index contributed by atoms with van der Waals surface area (Å²) in [6, 6.07) is 6.66. The summed E-state index contributed by atoms with van der Waals surface area (Å²) in [5.41, 5.74) is 2.96. The maximum Gasteiger partial charge on any atom is 0.340 e. The predicted molar refractivity (Wildman–Crippen MR) is 96.4 cm³/mol. The first-order chi connectivity index (χ1) is 12.5. The quantitative estimate of drug-likeness (QED) is 0.477. The molecule has 1 aromatic carbocycles. The Kier molecular flexibility index (Phi) is 3.83. The Morgan fingerprint density at radius 1 is 1.04 bits per heavy atom.